The number of ether oxygens (including phenoxy) is 1. The first-order valence-corrected chi connectivity index (χ1v) is 4.70. The number of hydrogen-bond donors (Lipinski definition) is 2. The maximum absolute atomic E-state index is 12.7. The minimum absolute atomic E-state index is 0.0630. The van der Waals surface area contributed by atoms with E-state index >= 15 is 0 Å². The second-order valence-electron chi connectivity index (χ2n) is 3.05. The van der Waals surface area contributed by atoms with Crippen LogP contribution < -0.4 is 0 Å². The monoisotopic (exact) mass is 229 g/mol. The number of rotatable bonds is 4. The molecular formula is C10H12FNO4. The standard InChI is InChI=1S/C10H12FNO4/c1-2-16-10(15)9(14)8(13)6-3-4-12-7(11)5-6/h3-5,8-9,13-14H,2H2,1H3. The molecule has 0 aliphatic carbocycles. The molecule has 0 spiro atoms. The summed E-state index contributed by atoms with van der Waals surface area (Å²) < 4.78 is 17.2. The Bertz CT molecular complexity index is 372. The number of hydrogen-bond acceptors (Lipinski definition) is 5. The van der Waals surface area contributed by atoms with Crippen LogP contribution in [-0.4, -0.2) is 33.9 Å². The Balaban J connectivity index is 2.77. The van der Waals surface area contributed by atoms with Gasteiger partial charge in [-0.3, -0.25) is 0 Å². The summed E-state index contributed by atoms with van der Waals surface area (Å²) in [6.45, 7) is 1.66. The third-order valence-corrected chi connectivity index (χ3v) is 1.92. The highest BCUT2D eigenvalue weighted by atomic mass is 19.1. The Morgan fingerprint density at radius 1 is 1.62 bits per heavy atom. The van der Waals surface area contributed by atoms with Crippen molar-refractivity contribution >= 4 is 5.97 Å². The minimum Gasteiger partial charge on any atom is -0.464 e. The lowest BCUT2D eigenvalue weighted by atomic mass is 10.1. The van der Waals surface area contributed by atoms with Gasteiger partial charge in [-0.2, -0.15) is 4.39 Å². The summed E-state index contributed by atoms with van der Waals surface area (Å²) >= 11 is 0. The molecule has 0 aliphatic heterocycles. The van der Waals surface area contributed by atoms with Gasteiger partial charge in [0.15, 0.2) is 6.10 Å². The Labute approximate surface area is 91.5 Å². The number of nitrogens with zero attached hydrogens (tertiary/aromatic N) is 1. The van der Waals surface area contributed by atoms with E-state index < -0.39 is 24.1 Å². The van der Waals surface area contributed by atoms with Crippen LogP contribution in [0, 0.1) is 5.95 Å². The summed E-state index contributed by atoms with van der Waals surface area (Å²) in [4.78, 5) is 14.4. The van der Waals surface area contributed by atoms with E-state index in [4.69, 9.17) is 0 Å². The average molecular weight is 229 g/mol. The third kappa shape index (κ3) is 2.98. The number of aliphatic hydroxyl groups excluding tert-OH is 2. The zero-order valence-electron chi connectivity index (χ0n) is 8.63. The van der Waals surface area contributed by atoms with Crippen molar-refractivity contribution in [3.63, 3.8) is 0 Å². The van der Waals surface area contributed by atoms with Gasteiger partial charge in [0.2, 0.25) is 5.95 Å². The molecule has 0 saturated heterocycles. The van der Waals surface area contributed by atoms with Gasteiger partial charge in [-0.05, 0) is 24.6 Å². The van der Waals surface area contributed by atoms with Crippen molar-refractivity contribution in [2.45, 2.75) is 19.1 Å². The van der Waals surface area contributed by atoms with Crippen molar-refractivity contribution in [2.75, 3.05) is 6.61 Å². The van der Waals surface area contributed by atoms with Crippen LogP contribution in [0.2, 0.25) is 0 Å². The Morgan fingerprint density at radius 2 is 2.31 bits per heavy atom. The van der Waals surface area contributed by atoms with Crippen molar-refractivity contribution in [3.8, 4) is 0 Å². The van der Waals surface area contributed by atoms with Gasteiger partial charge >= 0.3 is 5.97 Å². The molecule has 1 aromatic heterocycles. The predicted molar refractivity (Wildman–Crippen MR) is 51.8 cm³/mol. The van der Waals surface area contributed by atoms with Gasteiger partial charge in [0.05, 0.1) is 6.61 Å². The smallest absolute Gasteiger partial charge is 0.338 e. The van der Waals surface area contributed by atoms with E-state index in [9.17, 15) is 19.4 Å². The first kappa shape index (κ1) is 12.5. The van der Waals surface area contributed by atoms with E-state index in [-0.39, 0.29) is 12.2 Å². The minimum atomic E-state index is -1.73. The lowest BCUT2D eigenvalue weighted by Crippen LogP contribution is -2.30. The number of halogens is 1. The highest BCUT2D eigenvalue weighted by molar-refractivity contribution is 5.75. The molecule has 16 heavy (non-hydrogen) atoms. The maximum atomic E-state index is 12.7. The number of carbonyl (C=O) groups excluding carboxylic acids is 1. The summed E-state index contributed by atoms with van der Waals surface area (Å²) in [5, 5.41) is 19.0. The molecule has 88 valence electrons. The molecular weight excluding hydrogens is 217 g/mol. The Kier molecular flexibility index (Phi) is 4.33. The van der Waals surface area contributed by atoms with Crippen LogP contribution in [0.15, 0.2) is 18.3 Å². The van der Waals surface area contributed by atoms with Gasteiger partial charge in [-0.1, -0.05) is 0 Å². The molecule has 2 N–H and O–H groups in total. The van der Waals surface area contributed by atoms with E-state index in [0.717, 1.165) is 12.3 Å². The molecule has 0 aromatic carbocycles. The van der Waals surface area contributed by atoms with Crippen LogP contribution in [0.3, 0.4) is 0 Å². The molecule has 0 radical (unpaired) electrons. The summed E-state index contributed by atoms with van der Waals surface area (Å²) in [6.07, 6.45) is -2.13. The van der Waals surface area contributed by atoms with Crippen LogP contribution in [0.5, 0.6) is 0 Å². The normalized spacial score (nSPS) is 14.2. The number of esters is 1. The quantitative estimate of drug-likeness (QED) is 0.568. The molecule has 0 bridgehead atoms. The Hall–Kier alpha value is -1.53. The van der Waals surface area contributed by atoms with E-state index in [1.165, 1.54) is 6.07 Å². The summed E-state index contributed by atoms with van der Waals surface area (Å²) in [6, 6.07) is 2.24. The third-order valence-electron chi connectivity index (χ3n) is 1.92. The van der Waals surface area contributed by atoms with E-state index in [1.807, 2.05) is 0 Å². The fourth-order valence-corrected chi connectivity index (χ4v) is 1.14. The fourth-order valence-electron chi connectivity index (χ4n) is 1.14. The van der Waals surface area contributed by atoms with E-state index in [1.54, 1.807) is 6.92 Å². The van der Waals surface area contributed by atoms with Gasteiger partial charge < -0.3 is 14.9 Å². The van der Waals surface area contributed by atoms with Gasteiger partial charge in [0.1, 0.15) is 6.10 Å². The van der Waals surface area contributed by atoms with Crippen molar-refractivity contribution in [1.29, 1.82) is 0 Å². The predicted octanol–water partition coefficient (Wildman–Crippen LogP) is 0.178. The highest BCUT2D eigenvalue weighted by Crippen LogP contribution is 2.17. The van der Waals surface area contributed by atoms with Crippen LogP contribution >= 0.6 is 0 Å². The molecule has 1 rings (SSSR count). The van der Waals surface area contributed by atoms with Crippen LogP contribution in [-0.2, 0) is 9.53 Å². The van der Waals surface area contributed by atoms with Crippen LogP contribution in [0.25, 0.3) is 0 Å². The molecule has 0 saturated carbocycles. The maximum Gasteiger partial charge on any atom is 0.338 e. The van der Waals surface area contributed by atoms with Crippen LogP contribution in [0.4, 0.5) is 4.39 Å². The molecule has 5 nitrogen and oxygen atoms in total. The number of pyridine rings is 1. The van der Waals surface area contributed by atoms with Crippen molar-refractivity contribution in [3.05, 3.63) is 29.8 Å². The van der Waals surface area contributed by atoms with E-state index in [0.29, 0.717) is 0 Å². The zero-order valence-corrected chi connectivity index (χ0v) is 8.63. The molecule has 0 fully saturated rings. The largest absolute Gasteiger partial charge is 0.464 e. The van der Waals surface area contributed by atoms with Crippen molar-refractivity contribution in [1.82, 2.24) is 4.98 Å². The average Bonchev–Trinajstić information content (AvgIpc) is 2.27. The van der Waals surface area contributed by atoms with Gasteiger partial charge in [-0.15, -0.1) is 0 Å². The number of carbonyl (C=O) groups is 1. The first-order valence-electron chi connectivity index (χ1n) is 4.70. The number of aromatic nitrogens is 1. The van der Waals surface area contributed by atoms with Gasteiger partial charge in [0, 0.05) is 6.20 Å². The number of aliphatic hydroxyl groups is 2. The SMILES string of the molecule is CCOC(=O)C(O)C(O)c1ccnc(F)c1. The van der Waals surface area contributed by atoms with Crippen LogP contribution in [0.1, 0.15) is 18.6 Å². The van der Waals surface area contributed by atoms with Crippen molar-refractivity contribution < 1.29 is 24.1 Å². The lowest BCUT2D eigenvalue weighted by molar-refractivity contribution is -0.159. The van der Waals surface area contributed by atoms with E-state index in [2.05, 4.69) is 9.72 Å². The first-order chi connectivity index (χ1) is 7.56. The second-order valence-corrected chi connectivity index (χ2v) is 3.05. The summed E-state index contributed by atoms with van der Waals surface area (Å²) in [5.41, 5.74) is 0.0630. The Morgan fingerprint density at radius 3 is 2.88 bits per heavy atom. The molecule has 2 atom stereocenters. The summed E-state index contributed by atoms with van der Waals surface area (Å²) in [7, 11) is 0. The second kappa shape index (κ2) is 5.53. The molecule has 1 heterocycles. The zero-order chi connectivity index (χ0) is 12.1. The molecule has 2 unspecified atom stereocenters. The van der Waals surface area contributed by atoms with Gasteiger partial charge in [0.25, 0.3) is 0 Å². The topological polar surface area (TPSA) is 79.7 Å². The highest BCUT2D eigenvalue weighted by Gasteiger charge is 2.27. The van der Waals surface area contributed by atoms with Gasteiger partial charge in [-0.25, -0.2) is 9.78 Å². The molecule has 0 aliphatic rings. The fraction of sp³-hybridized carbons (Fsp3) is 0.400. The molecule has 1 aromatic rings. The molecule has 0 amide bonds. The summed E-state index contributed by atoms with van der Waals surface area (Å²) in [5.74, 6) is -1.75. The lowest BCUT2D eigenvalue weighted by Gasteiger charge is -2.16. The van der Waals surface area contributed by atoms with Crippen molar-refractivity contribution in [2.24, 2.45) is 0 Å². The molecule has 6 heteroatoms.